The Balaban J connectivity index is 2.37. The minimum atomic E-state index is -1.21. The van der Waals surface area contributed by atoms with Crippen LogP contribution >= 0.6 is 11.3 Å². The fraction of sp³-hybridized carbons (Fsp3) is 0.167. The lowest BCUT2D eigenvalue weighted by Gasteiger charge is -2.04. The van der Waals surface area contributed by atoms with Crippen molar-refractivity contribution in [2.24, 2.45) is 0 Å². The summed E-state index contributed by atoms with van der Waals surface area (Å²) in [5.74, 6) is -1.52. The number of rotatable bonds is 4. The Labute approximate surface area is 113 Å². The summed E-state index contributed by atoms with van der Waals surface area (Å²) in [6.07, 6.45) is 1.66. The van der Waals surface area contributed by atoms with Crippen LogP contribution in [0.15, 0.2) is 18.3 Å². The smallest absolute Gasteiger partial charge is 0.356 e. The highest BCUT2D eigenvalue weighted by atomic mass is 32.1. The molecule has 0 unspecified atom stereocenters. The predicted molar refractivity (Wildman–Crippen MR) is 71.3 cm³/mol. The van der Waals surface area contributed by atoms with E-state index in [1.807, 2.05) is 6.92 Å². The molecule has 0 aliphatic carbocycles. The number of carbonyl (C=O) groups is 2. The van der Waals surface area contributed by atoms with Gasteiger partial charge < -0.3 is 10.4 Å². The van der Waals surface area contributed by atoms with Gasteiger partial charge in [0.25, 0.3) is 0 Å². The second-order valence-corrected chi connectivity index (χ2v) is 4.82. The molecule has 0 spiro atoms. The highest BCUT2D eigenvalue weighted by Crippen LogP contribution is 2.27. The Hall–Kier alpha value is -2.28. The van der Waals surface area contributed by atoms with Gasteiger partial charge in [0.1, 0.15) is 4.88 Å². The first-order valence-electron chi connectivity index (χ1n) is 5.42. The van der Waals surface area contributed by atoms with Gasteiger partial charge in [-0.3, -0.25) is 9.78 Å². The number of pyridine rings is 1. The van der Waals surface area contributed by atoms with E-state index in [9.17, 15) is 9.59 Å². The molecule has 2 rings (SSSR count). The van der Waals surface area contributed by atoms with Crippen LogP contribution in [-0.2, 0) is 0 Å². The third-order valence-corrected chi connectivity index (χ3v) is 3.47. The van der Waals surface area contributed by atoms with Crippen LogP contribution in [0.2, 0.25) is 0 Å². The van der Waals surface area contributed by atoms with E-state index in [1.165, 1.54) is 6.92 Å². The van der Waals surface area contributed by atoms with E-state index in [4.69, 9.17) is 5.11 Å². The SMILES string of the molecule is CC(=O)c1sc(Nc2cccnc2C)nc1C(=O)O. The largest absolute Gasteiger partial charge is 0.476 e. The normalized spacial score (nSPS) is 10.2. The topological polar surface area (TPSA) is 92.2 Å². The van der Waals surface area contributed by atoms with Gasteiger partial charge in [-0.15, -0.1) is 0 Å². The standard InChI is InChI=1S/C12H11N3O3S/c1-6-8(4-3-5-13-6)14-12-15-9(11(17)18)10(19-12)7(2)16/h3-5H,1-2H3,(H,14,15)(H,17,18). The van der Waals surface area contributed by atoms with Crippen molar-refractivity contribution in [1.29, 1.82) is 0 Å². The summed E-state index contributed by atoms with van der Waals surface area (Å²) >= 11 is 1.02. The number of aromatic carboxylic acids is 1. The van der Waals surface area contributed by atoms with Gasteiger partial charge in [0.2, 0.25) is 0 Å². The van der Waals surface area contributed by atoms with Crippen molar-refractivity contribution in [1.82, 2.24) is 9.97 Å². The molecule has 2 aromatic rings. The number of anilines is 2. The van der Waals surface area contributed by atoms with Crippen LogP contribution in [0.25, 0.3) is 0 Å². The van der Waals surface area contributed by atoms with E-state index >= 15 is 0 Å². The molecule has 6 nitrogen and oxygen atoms in total. The third kappa shape index (κ3) is 2.76. The van der Waals surface area contributed by atoms with E-state index in [1.54, 1.807) is 18.3 Å². The number of hydrogen-bond acceptors (Lipinski definition) is 6. The number of carboxylic acid groups (broad SMARTS) is 1. The molecule has 0 aliphatic heterocycles. The molecule has 2 heterocycles. The van der Waals surface area contributed by atoms with Crippen molar-refractivity contribution in [3.8, 4) is 0 Å². The molecule has 0 saturated heterocycles. The number of nitrogens with one attached hydrogen (secondary N) is 1. The number of nitrogens with zero attached hydrogens (tertiary/aromatic N) is 2. The second kappa shape index (κ2) is 5.15. The number of thiazole rings is 1. The van der Waals surface area contributed by atoms with Gasteiger partial charge >= 0.3 is 5.97 Å². The van der Waals surface area contributed by atoms with E-state index in [0.717, 1.165) is 22.7 Å². The lowest BCUT2D eigenvalue weighted by Crippen LogP contribution is -2.03. The van der Waals surface area contributed by atoms with Gasteiger partial charge in [-0.2, -0.15) is 0 Å². The minimum Gasteiger partial charge on any atom is -0.476 e. The summed E-state index contributed by atoms with van der Waals surface area (Å²) in [7, 11) is 0. The van der Waals surface area contributed by atoms with Crippen molar-refractivity contribution in [2.45, 2.75) is 13.8 Å². The first-order chi connectivity index (χ1) is 8.99. The van der Waals surface area contributed by atoms with Crippen LogP contribution in [0, 0.1) is 6.92 Å². The number of carbonyl (C=O) groups excluding carboxylic acids is 1. The summed E-state index contributed by atoms with van der Waals surface area (Å²) in [6.45, 7) is 3.14. The molecule has 0 aliphatic rings. The Kier molecular flexibility index (Phi) is 3.57. The quantitative estimate of drug-likeness (QED) is 0.834. The number of carboxylic acids is 1. The fourth-order valence-electron chi connectivity index (χ4n) is 1.49. The number of ketones is 1. The van der Waals surface area contributed by atoms with E-state index in [2.05, 4.69) is 15.3 Å². The van der Waals surface area contributed by atoms with E-state index in [-0.39, 0.29) is 16.4 Å². The van der Waals surface area contributed by atoms with Crippen molar-refractivity contribution in [3.63, 3.8) is 0 Å². The summed E-state index contributed by atoms with van der Waals surface area (Å²) < 4.78 is 0. The number of aromatic nitrogens is 2. The Morgan fingerprint density at radius 2 is 2.16 bits per heavy atom. The summed E-state index contributed by atoms with van der Waals surface area (Å²) in [6, 6.07) is 3.56. The molecule has 0 saturated carbocycles. The average molecular weight is 277 g/mol. The Morgan fingerprint density at radius 1 is 1.42 bits per heavy atom. The predicted octanol–water partition coefficient (Wildman–Crippen LogP) is 2.49. The maximum atomic E-state index is 11.4. The zero-order valence-corrected chi connectivity index (χ0v) is 11.1. The number of aryl methyl sites for hydroxylation is 1. The van der Waals surface area contributed by atoms with E-state index in [0.29, 0.717) is 5.13 Å². The molecule has 7 heteroatoms. The fourth-order valence-corrected chi connectivity index (χ4v) is 2.35. The van der Waals surface area contributed by atoms with Crippen molar-refractivity contribution >= 4 is 33.9 Å². The van der Waals surface area contributed by atoms with Gasteiger partial charge in [0.05, 0.1) is 11.4 Å². The highest BCUT2D eigenvalue weighted by molar-refractivity contribution is 7.17. The lowest BCUT2D eigenvalue weighted by atomic mass is 10.3. The average Bonchev–Trinajstić information content (AvgIpc) is 2.76. The molecule has 0 bridgehead atoms. The second-order valence-electron chi connectivity index (χ2n) is 3.82. The lowest BCUT2D eigenvalue weighted by molar-refractivity contribution is 0.0687. The molecule has 2 N–H and O–H groups in total. The third-order valence-electron chi connectivity index (χ3n) is 2.40. The van der Waals surface area contributed by atoms with Crippen LogP contribution in [0.4, 0.5) is 10.8 Å². The Morgan fingerprint density at radius 3 is 2.68 bits per heavy atom. The van der Waals surface area contributed by atoms with Gasteiger partial charge in [0.15, 0.2) is 16.6 Å². The van der Waals surface area contributed by atoms with Crippen LogP contribution in [0.5, 0.6) is 0 Å². The van der Waals surface area contributed by atoms with Crippen LogP contribution < -0.4 is 5.32 Å². The van der Waals surface area contributed by atoms with Gasteiger partial charge in [-0.1, -0.05) is 11.3 Å². The molecule has 0 atom stereocenters. The number of hydrogen-bond donors (Lipinski definition) is 2. The molecule has 0 radical (unpaired) electrons. The van der Waals surface area contributed by atoms with Crippen molar-refractivity contribution < 1.29 is 14.7 Å². The highest BCUT2D eigenvalue weighted by Gasteiger charge is 2.20. The molecule has 0 aromatic carbocycles. The minimum absolute atomic E-state index is 0.136. The molecule has 0 fully saturated rings. The van der Waals surface area contributed by atoms with Crippen molar-refractivity contribution in [3.05, 3.63) is 34.6 Å². The van der Waals surface area contributed by atoms with Gasteiger partial charge in [-0.05, 0) is 19.1 Å². The van der Waals surface area contributed by atoms with Crippen LogP contribution in [0.3, 0.4) is 0 Å². The Bertz CT molecular complexity index is 620. The monoisotopic (exact) mass is 277 g/mol. The van der Waals surface area contributed by atoms with Crippen molar-refractivity contribution in [2.75, 3.05) is 5.32 Å². The number of Topliss-reactive ketones (excluding diaryl/α,β-unsaturated/α-hetero) is 1. The van der Waals surface area contributed by atoms with Gasteiger partial charge in [0, 0.05) is 13.1 Å². The van der Waals surface area contributed by atoms with E-state index < -0.39 is 5.97 Å². The molecule has 0 amide bonds. The first kappa shape index (κ1) is 13.2. The first-order valence-corrected chi connectivity index (χ1v) is 6.24. The maximum Gasteiger partial charge on any atom is 0.356 e. The molecule has 19 heavy (non-hydrogen) atoms. The van der Waals surface area contributed by atoms with Crippen LogP contribution in [0.1, 0.15) is 32.8 Å². The van der Waals surface area contributed by atoms with Crippen LogP contribution in [-0.4, -0.2) is 26.8 Å². The zero-order valence-electron chi connectivity index (χ0n) is 10.3. The molecular weight excluding hydrogens is 266 g/mol. The molecular formula is C12H11N3O3S. The summed E-state index contributed by atoms with van der Waals surface area (Å²) in [5.41, 5.74) is 1.27. The summed E-state index contributed by atoms with van der Waals surface area (Å²) in [4.78, 5) is 30.5. The zero-order chi connectivity index (χ0) is 14.0. The van der Waals surface area contributed by atoms with Gasteiger partial charge in [-0.25, -0.2) is 9.78 Å². The maximum absolute atomic E-state index is 11.4. The molecule has 98 valence electrons. The summed E-state index contributed by atoms with van der Waals surface area (Å²) in [5, 5.41) is 12.3. The molecule has 2 aromatic heterocycles.